The van der Waals surface area contributed by atoms with Gasteiger partial charge in [0.25, 0.3) is 0 Å². The minimum Gasteiger partial charge on any atom is -0.0994 e. The van der Waals surface area contributed by atoms with E-state index in [9.17, 15) is 0 Å². The molecule has 0 nitrogen and oxygen atoms in total. The van der Waals surface area contributed by atoms with E-state index >= 15 is 0 Å². The quantitative estimate of drug-likeness (QED) is 0.474. The summed E-state index contributed by atoms with van der Waals surface area (Å²) < 4.78 is 0. The van der Waals surface area contributed by atoms with E-state index in [1.54, 1.807) is 5.90 Å². The molecule has 0 N–H and O–H groups in total. The highest BCUT2D eigenvalue weighted by Gasteiger charge is 2.22. The van der Waals surface area contributed by atoms with Crippen molar-refractivity contribution in [3.63, 3.8) is 0 Å². The normalized spacial score (nSPS) is 16.2. The molecule has 0 aromatic rings. The van der Waals surface area contributed by atoms with Gasteiger partial charge in [-0.25, -0.2) is 0 Å². The van der Waals surface area contributed by atoms with E-state index in [1.165, 1.54) is 12.3 Å². The van der Waals surface area contributed by atoms with Gasteiger partial charge in [-0.2, -0.15) is 0 Å². The van der Waals surface area contributed by atoms with E-state index in [0.717, 1.165) is 23.2 Å². The molecule has 104 valence electrons. The van der Waals surface area contributed by atoms with Crippen LogP contribution in [0.2, 0.25) is 0 Å². The first-order valence-corrected chi connectivity index (χ1v) is 10.8. The Hall–Kier alpha value is 0.860. The number of hydrogen-bond acceptors (Lipinski definition) is 0. The van der Waals surface area contributed by atoms with E-state index in [2.05, 4.69) is 55.4 Å². The van der Waals surface area contributed by atoms with Crippen LogP contribution in [0, 0.1) is 11.8 Å². The SMILES string of the molecule is CC(C)CP(CP(CC(C)C)C(C)C)C(C)C. The third-order valence-corrected chi connectivity index (χ3v) is 11.2. The summed E-state index contributed by atoms with van der Waals surface area (Å²) >= 11 is 0. The van der Waals surface area contributed by atoms with Gasteiger partial charge in [0.15, 0.2) is 0 Å². The fourth-order valence-electron chi connectivity index (χ4n) is 2.04. The van der Waals surface area contributed by atoms with Crippen molar-refractivity contribution < 1.29 is 0 Å². The average Bonchev–Trinajstić information content (AvgIpc) is 2.13. The molecule has 0 heterocycles. The molecular weight excluding hydrogens is 242 g/mol. The second kappa shape index (κ2) is 8.87. The molecular formula is C15H34P2. The summed E-state index contributed by atoms with van der Waals surface area (Å²) in [5.41, 5.74) is 1.84. The molecule has 2 atom stereocenters. The Balaban J connectivity index is 4.45. The summed E-state index contributed by atoms with van der Waals surface area (Å²) in [6.45, 7) is 19.3. The monoisotopic (exact) mass is 276 g/mol. The first kappa shape index (κ1) is 17.9. The van der Waals surface area contributed by atoms with Crippen molar-refractivity contribution in [2.75, 3.05) is 18.2 Å². The lowest BCUT2D eigenvalue weighted by Gasteiger charge is -2.32. The van der Waals surface area contributed by atoms with Crippen molar-refractivity contribution in [2.24, 2.45) is 11.8 Å². The number of hydrogen-bond donors (Lipinski definition) is 0. The van der Waals surface area contributed by atoms with Crippen LogP contribution in [-0.4, -0.2) is 29.5 Å². The van der Waals surface area contributed by atoms with E-state index < -0.39 is 0 Å². The van der Waals surface area contributed by atoms with Crippen LogP contribution in [0.1, 0.15) is 55.4 Å². The van der Waals surface area contributed by atoms with E-state index in [4.69, 9.17) is 0 Å². The van der Waals surface area contributed by atoms with Gasteiger partial charge in [-0.05, 0) is 41.4 Å². The summed E-state index contributed by atoms with van der Waals surface area (Å²) in [5, 5.41) is 0. The first-order valence-electron chi connectivity index (χ1n) is 7.22. The van der Waals surface area contributed by atoms with Gasteiger partial charge in [0.2, 0.25) is 0 Å². The van der Waals surface area contributed by atoms with Crippen LogP contribution in [0.25, 0.3) is 0 Å². The Morgan fingerprint density at radius 1 is 0.588 bits per heavy atom. The zero-order chi connectivity index (χ0) is 13.6. The molecule has 0 radical (unpaired) electrons. The number of rotatable bonds is 8. The van der Waals surface area contributed by atoms with Crippen LogP contribution >= 0.6 is 15.8 Å². The average molecular weight is 276 g/mol. The van der Waals surface area contributed by atoms with Crippen LogP contribution in [0.3, 0.4) is 0 Å². The summed E-state index contributed by atoms with van der Waals surface area (Å²) in [7, 11) is 0.535. The highest BCUT2D eigenvalue weighted by Crippen LogP contribution is 2.57. The van der Waals surface area contributed by atoms with Crippen LogP contribution in [0.4, 0.5) is 0 Å². The van der Waals surface area contributed by atoms with Crippen molar-refractivity contribution in [3.8, 4) is 0 Å². The molecule has 0 rings (SSSR count). The van der Waals surface area contributed by atoms with Crippen molar-refractivity contribution in [3.05, 3.63) is 0 Å². The smallest absolute Gasteiger partial charge is 0.0116 e. The Morgan fingerprint density at radius 2 is 0.882 bits per heavy atom. The predicted octanol–water partition coefficient (Wildman–Crippen LogP) is 6.04. The largest absolute Gasteiger partial charge is 0.0994 e. The van der Waals surface area contributed by atoms with Gasteiger partial charge in [-0.15, -0.1) is 0 Å². The van der Waals surface area contributed by atoms with Crippen molar-refractivity contribution in [1.29, 1.82) is 0 Å². The molecule has 0 bridgehead atoms. The molecule has 0 amide bonds. The maximum Gasteiger partial charge on any atom is -0.0116 e. The Labute approximate surface area is 113 Å². The molecule has 17 heavy (non-hydrogen) atoms. The Morgan fingerprint density at radius 3 is 1.06 bits per heavy atom. The molecule has 0 fully saturated rings. The minimum absolute atomic E-state index is 0.267. The lowest BCUT2D eigenvalue weighted by molar-refractivity contribution is 0.737. The standard InChI is InChI=1S/C15H34P2/c1-12(2)9-16(14(5)6)11-17(15(7)8)10-13(3)4/h12-15H,9-11H2,1-8H3. The lowest BCUT2D eigenvalue weighted by atomic mass is 10.3. The maximum atomic E-state index is 2.44. The van der Waals surface area contributed by atoms with Gasteiger partial charge >= 0.3 is 0 Å². The summed E-state index contributed by atoms with van der Waals surface area (Å²) in [4.78, 5) is 0. The van der Waals surface area contributed by atoms with E-state index in [-0.39, 0.29) is 15.8 Å². The van der Waals surface area contributed by atoms with Crippen molar-refractivity contribution in [1.82, 2.24) is 0 Å². The molecule has 0 spiro atoms. The fourth-order valence-corrected chi connectivity index (χ4v) is 10.2. The molecule has 0 aromatic heterocycles. The van der Waals surface area contributed by atoms with Gasteiger partial charge < -0.3 is 0 Å². The predicted molar refractivity (Wildman–Crippen MR) is 88.4 cm³/mol. The summed E-state index contributed by atoms with van der Waals surface area (Å²) in [6.07, 6.45) is 2.97. The molecule has 2 unspecified atom stereocenters. The van der Waals surface area contributed by atoms with Gasteiger partial charge in [0.1, 0.15) is 0 Å². The second-order valence-electron chi connectivity index (χ2n) is 6.66. The topological polar surface area (TPSA) is 0 Å². The van der Waals surface area contributed by atoms with E-state index in [1.807, 2.05) is 0 Å². The molecule has 0 aromatic carbocycles. The van der Waals surface area contributed by atoms with Crippen molar-refractivity contribution in [2.45, 2.75) is 66.7 Å². The van der Waals surface area contributed by atoms with Crippen LogP contribution in [0.5, 0.6) is 0 Å². The van der Waals surface area contributed by atoms with Crippen LogP contribution in [0.15, 0.2) is 0 Å². The summed E-state index contributed by atoms with van der Waals surface area (Å²) in [5.74, 6) is 3.33. The third-order valence-electron chi connectivity index (χ3n) is 3.02. The zero-order valence-corrected chi connectivity index (χ0v) is 15.1. The van der Waals surface area contributed by atoms with Crippen molar-refractivity contribution >= 4 is 15.8 Å². The summed E-state index contributed by atoms with van der Waals surface area (Å²) in [6, 6.07) is 0. The second-order valence-corrected chi connectivity index (χ2v) is 12.9. The zero-order valence-electron chi connectivity index (χ0n) is 13.3. The highest BCUT2D eigenvalue weighted by atomic mass is 31.2. The first-order chi connectivity index (χ1) is 7.73. The third kappa shape index (κ3) is 8.56. The van der Waals surface area contributed by atoms with Crippen LogP contribution in [-0.2, 0) is 0 Å². The van der Waals surface area contributed by atoms with Gasteiger partial charge in [0, 0.05) is 0 Å². The van der Waals surface area contributed by atoms with Gasteiger partial charge in [-0.3, -0.25) is 0 Å². The molecule has 0 aliphatic heterocycles. The van der Waals surface area contributed by atoms with Crippen LogP contribution < -0.4 is 0 Å². The lowest BCUT2D eigenvalue weighted by Crippen LogP contribution is -2.10. The van der Waals surface area contributed by atoms with E-state index in [0.29, 0.717) is 0 Å². The molecule has 2 heteroatoms. The maximum absolute atomic E-state index is 2.44. The fraction of sp³-hybridized carbons (Fsp3) is 1.00. The minimum atomic E-state index is 0.267. The molecule has 0 aliphatic rings. The van der Waals surface area contributed by atoms with Gasteiger partial charge in [-0.1, -0.05) is 71.2 Å². The molecule has 0 aliphatic carbocycles. The Kier molecular flexibility index (Phi) is 9.32. The molecule has 0 saturated carbocycles. The highest BCUT2D eigenvalue weighted by molar-refractivity contribution is 7.75. The Bertz CT molecular complexity index is 165. The van der Waals surface area contributed by atoms with Gasteiger partial charge in [0.05, 0.1) is 0 Å². The molecule has 0 saturated heterocycles.